The Labute approximate surface area is 439 Å². The van der Waals surface area contributed by atoms with Gasteiger partial charge in [-0.25, -0.2) is 4.79 Å². The molecule has 0 saturated carbocycles. The van der Waals surface area contributed by atoms with Crippen LogP contribution >= 0.6 is 12.6 Å². The molecule has 10 atom stereocenters. The summed E-state index contributed by atoms with van der Waals surface area (Å²) in [6.45, 7) is 6.19. The molecule has 2 aromatic carbocycles. The van der Waals surface area contributed by atoms with Gasteiger partial charge in [0.25, 0.3) is 0 Å². The first-order valence-corrected chi connectivity index (χ1v) is 25.5. The lowest BCUT2D eigenvalue weighted by atomic mass is 9.96. The van der Waals surface area contributed by atoms with Gasteiger partial charge in [-0.3, -0.25) is 43.2 Å². The molecule has 2 aliphatic rings. The standard InChI is InChI=1S/C50H71N9O15S/c1-5-27(4)41(57-44(67)35(22-29-12-16-31(62)17-13-29)52-42(65)33(20-26(2)3)54-46(69)38-8-6-18-58(38)48(71)32(51)25-75)47(70)56-37(24-60)45(68)53-34(21-28-10-14-30(61)15-11-28)43(66)55-36(23-40(63)64)49(72)59-19-7-9-39(59)50(73)74/h10-17,26-27,32-39,41,60-62,75H,5-9,18-25,51H2,1-4H3,(H,52,65)(H,53,68)(H,54,69)(H,55,66)(H,56,70)(H,57,67)(H,63,64)(H,73,74)/t27-,32-,33-,34-,35-,36-,37-,38-,39-,41-/m0/s1. The van der Waals surface area contributed by atoms with Gasteiger partial charge in [0.2, 0.25) is 47.3 Å². The molecule has 2 saturated heterocycles. The molecule has 25 heteroatoms. The molecule has 0 aliphatic carbocycles. The summed E-state index contributed by atoms with van der Waals surface area (Å²) >= 11 is 4.11. The van der Waals surface area contributed by atoms with E-state index in [9.17, 15) is 73.5 Å². The summed E-state index contributed by atoms with van der Waals surface area (Å²) in [6, 6.07) is -1.15. The first-order valence-electron chi connectivity index (χ1n) is 24.9. The van der Waals surface area contributed by atoms with E-state index in [0.29, 0.717) is 30.4 Å². The first kappa shape index (κ1) is 60.6. The molecule has 24 nitrogen and oxygen atoms in total. The molecule has 412 valence electrons. The second-order valence-electron chi connectivity index (χ2n) is 19.3. The predicted molar refractivity (Wildman–Crippen MR) is 272 cm³/mol. The fraction of sp³-hybridized carbons (Fsp3) is 0.560. The molecule has 0 bridgehead atoms. The molecular formula is C50H71N9O15S. The number of hydrogen-bond donors (Lipinski definition) is 13. The number of amides is 8. The van der Waals surface area contributed by atoms with Gasteiger partial charge in [0, 0.05) is 31.7 Å². The third-order valence-corrected chi connectivity index (χ3v) is 13.5. The van der Waals surface area contributed by atoms with Gasteiger partial charge in [-0.05, 0) is 79.3 Å². The highest BCUT2D eigenvalue weighted by Crippen LogP contribution is 2.22. The lowest BCUT2D eigenvalue weighted by molar-refractivity contribution is -0.150. The van der Waals surface area contributed by atoms with Gasteiger partial charge >= 0.3 is 11.9 Å². The molecule has 2 heterocycles. The van der Waals surface area contributed by atoms with E-state index in [1.165, 1.54) is 53.4 Å². The largest absolute Gasteiger partial charge is 0.508 e. The number of aliphatic carboxylic acids is 2. The van der Waals surface area contributed by atoms with Crippen LogP contribution in [0.3, 0.4) is 0 Å². The van der Waals surface area contributed by atoms with Gasteiger partial charge in [0.1, 0.15) is 59.8 Å². The number of nitrogens with one attached hydrogen (secondary N) is 6. The Kier molecular flexibility index (Phi) is 23.1. The number of carboxylic acid groups (broad SMARTS) is 2. The molecule has 2 fully saturated rings. The summed E-state index contributed by atoms with van der Waals surface area (Å²) in [5.74, 6) is -10.6. The Balaban J connectivity index is 1.58. The second kappa shape index (κ2) is 28.6. The number of hydrogen-bond acceptors (Lipinski definition) is 15. The van der Waals surface area contributed by atoms with Gasteiger partial charge in [0.15, 0.2) is 0 Å². The van der Waals surface area contributed by atoms with Crippen molar-refractivity contribution in [1.82, 2.24) is 41.7 Å². The van der Waals surface area contributed by atoms with E-state index in [0.717, 1.165) is 4.90 Å². The van der Waals surface area contributed by atoms with Gasteiger partial charge in [0.05, 0.1) is 19.1 Å². The number of nitrogens with two attached hydrogens (primary N) is 1. The quantitative estimate of drug-likeness (QED) is 0.0461. The number of nitrogens with zero attached hydrogens (tertiary/aromatic N) is 2. The van der Waals surface area contributed by atoms with Gasteiger partial charge < -0.3 is 73.0 Å². The fourth-order valence-electron chi connectivity index (χ4n) is 8.81. The van der Waals surface area contributed by atoms with E-state index in [1.54, 1.807) is 13.8 Å². The maximum Gasteiger partial charge on any atom is 0.326 e. The van der Waals surface area contributed by atoms with Crippen LogP contribution in [0.15, 0.2) is 48.5 Å². The third-order valence-electron chi connectivity index (χ3n) is 13.1. The van der Waals surface area contributed by atoms with E-state index in [2.05, 4.69) is 44.5 Å². The summed E-state index contributed by atoms with van der Waals surface area (Å²) in [7, 11) is 0. The number of carbonyl (C=O) groups excluding carboxylic acids is 8. The average molecular weight is 1070 g/mol. The number of carbonyl (C=O) groups is 10. The SMILES string of the molecule is CC[C@H](C)[C@H](NC(=O)[C@H](Cc1ccc(O)cc1)NC(=O)[C@H](CC(C)C)NC(=O)[C@@H]1CCCN1C(=O)[C@@H](N)CS)C(=O)N[C@@H](CO)C(=O)N[C@@H](Cc1ccc(O)cc1)C(=O)N[C@@H](CC(=O)O)C(=O)N1CCC[C@H]1C(=O)O. The molecule has 2 aromatic rings. The van der Waals surface area contributed by atoms with Gasteiger partial charge in [-0.1, -0.05) is 58.4 Å². The molecular weight excluding hydrogens is 999 g/mol. The number of aliphatic hydroxyl groups excluding tert-OH is 1. The number of aromatic hydroxyl groups is 2. The number of benzene rings is 2. The van der Waals surface area contributed by atoms with Gasteiger partial charge in [-0.15, -0.1) is 0 Å². The molecule has 75 heavy (non-hydrogen) atoms. The number of carboxylic acids is 2. The van der Waals surface area contributed by atoms with Crippen molar-refractivity contribution in [3.05, 3.63) is 59.7 Å². The van der Waals surface area contributed by atoms with Crippen LogP contribution in [0, 0.1) is 11.8 Å². The Morgan fingerprint density at radius 2 is 1.08 bits per heavy atom. The van der Waals surface area contributed by atoms with Crippen LogP contribution in [-0.4, -0.2) is 174 Å². The summed E-state index contributed by atoms with van der Waals surface area (Å²) in [5.41, 5.74) is 6.78. The summed E-state index contributed by atoms with van der Waals surface area (Å²) in [4.78, 5) is 137. The van der Waals surface area contributed by atoms with Crippen molar-refractivity contribution < 1.29 is 73.5 Å². The van der Waals surface area contributed by atoms with Crippen molar-refractivity contribution in [2.45, 2.75) is 140 Å². The Hall–Kier alpha value is -6.99. The maximum atomic E-state index is 14.4. The smallest absolute Gasteiger partial charge is 0.326 e. The molecule has 8 amide bonds. The molecule has 0 aromatic heterocycles. The van der Waals surface area contributed by atoms with Crippen LogP contribution in [0.4, 0.5) is 0 Å². The number of phenolic OH excluding ortho intramolecular Hbond substituents is 2. The fourth-order valence-corrected chi connectivity index (χ4v) is 8.97. The van der Waals surface area contributed by atoms with Crippen LogP contribution in [0.1, 0.15) is 83.8 Å². The normalized spacial score (nSPS) is 18.5. The molecule has 4 rings (SSSR count). The molecule has 0 radical (unpaired) electrons. The summed E-state index contributed by atoms with van der Waals surface area (Å²) in [5, 5.41) is 65.0. The number of likely N-dealkylation sites (tertiary alicyclic amines) is 2. The zero-order valence-electron chi connectivity index (χ0n) is 42.4. The maximum absolute atomic E-state index is 14.4. The minimum atomic E-state index is -1.79. The number of phenols is 2. The average Bonchev–Trinajstić information content (AvgIpc) is 4.08. The second-order valence-corrected chi connectivity index (χ2v) is 19.7. The lowest BCUT2D eigenvalue weighted by Gasteiger charge is -2.30. The summed E-state index contributed by atoms with van der Waals surface area (Å²) in [6.07, 6.45) is 0.189. The topological polar surface area (TPSA) is 377 Å². The van der Waals surface area contributed by atoms with Crippen molar-refractivity contribution in [2.24, 2.45) is 17.6 Å². The highest BCUT2D eigenvalue weighted by Gasteiger charge is 2.41. The molecule has 2 aliphatic heterocycles. The van der Waals surface area contributed by atoms with Crippen LogP contribution in [-0.2, 0) is 60.8 Å². The van der Waals surface area contributed by atoms with E-state index >= 15 is 0 Å². The Bertz CT molecular complexity index is 2360. The van der Waals surface area contributed by atoms with E-state index < -0.39 is 133 Å². The minimum Gasteiger partial charge on any atom is -0.508 e. The first-order chi connectivity index (χ1) is 35.5. The van der Waals surface area contributed by atoms with Crippen molar-refractivity contribution in [2.75, 3.05) is 25.4 Å². The third kappa shape index (κ3) is 17.6. The van der Waals surface area contributed by atoms with Crippen molar-refractivity contribution >= 4 is 71.8 Å². The molecule has 0 unspecified atom stereocenters. The van der Waals surface area contributed by atoms with Crippen molar-refractivity contribution in [3.8, 4) is 11.5 Å². The number of thiol groups is 1. The Morgan fingerprint density at radius 3 is 1.55 bits per heavy atom. The molecule has 13 N–H and O–H groups in total. The summed E-state index contributed by atoms with van der Waals surface area (Å²) < 4.78 is 0. The molecule has 0 spiro atoms. The number of aliphatic hydroxyl groups is 1. The Morgan fingerprint density at radius 1 is 0.627 bits per heavy atom. The van der Waals surface area contributed by atoms with Crippen LogP contribution < -0.4 is 37.6 Å². The number of rotatable bonds is 27. The zero-order valence-corrected chi connectivity index (χ0v) is 43.3. The van der Waals surface area contributed by atoms with E-state index in [4.69, 9.17) is 5.73 Å². The van der Waals surface area contributed by atoms with Crippen molar-refractivity contribution in [3.63, 3.8) is 0 Å². The van der Waals surface area contributed by atoms with Crippen LogP contribution in [0.2, 0.25) is 0 Å². The zero-order chi connectivity index (χ0) is 55.7. The van der Waals surface area contributed by atoms with Crippen LogP contribution in [0.5, 0.6) is 11.5 Å². The predicted octanol–water partition coefficient (Wildman–Crippen LogP) is -1.33. The van der Waals surface area contributed by atoms with E-state index in [1.807, 2.05) is 13.8 Å². The highest BCUT2D eigenvalue weighted by atomic mass is 32.1. The monoisotopic (exact) mass is 1070 g/mol. The lowest BCUT2D eigenvalue weighted by Crippen LogP contribution is -2.62. The van der Waals surface area contributed by atoms with E-state index in [-0.39, 0.29) is 68.4 Å². The highest BCUT2D eigenvalue weighted by molar-refractivity contribution is 7.80. The van der Waals surface area contributed by atoms with Crippen molar-refractivity contribution in [1.29, 1.82) is 0 Å². The minimum absolute atomic E-state index is 0.0179. The van der Waals surface area contributed by atoms with Gasteiger partial charge in [-0.2, -0.15) is 12.6 Å². The van der Waals surface area contributed by atoms with Crippen LogP contribution in [0.25, 0.3) is 0 Å².